The van der Waals surface area contributed by atoms with Crippen molar-refractivity contribution in [3.8, 4) is 22.8 Å². The number of benzene rings is 1. The summed E-state index contributed by atoms with van der Waals surface area (Å²) in [7, 11) is 3.67. The van der Waals surface area contributed by atoms with Crippen LogP contribution >= 0.6 is 0 Å². The van der Waals surface area contributed by atoms with Crippen molar-refractivity contribution in [1.82, 2.24) is 19.8 Å². The Hall–Kier alpha value is -3.49. The molecule has 1 aliphatic rings. The fraction of sp³-hybridized carbons (Fsp3) is 0.393. The number of rotatable bonds is 8. The van der Waals surface area contributed by atoms with Gasteiger partial charge in [-0.05, 0) is 43.8 Å². The van der Waals surface area contributed by atoms with Gasteiger partial charge in [0.25, 0.3) is 5.91 Å². The summed E-state index contributed by atoms with van der Waals surface area (Å²) >= 11 is 0. The zero-order valence-corrected chi connectivity index (χ0v) is 21.3. The van der Waals surface area contributed by atoms with Gasteiger partial charge in [-0.1, -0.05) is 25.1 Å². The fourth-order valence-electron chi connectivity index (χ4n) is 4.52. The van der Waals surface area contributed by atoms with Crippen LogP contribution in [0.1, 0.15) is 29.8 Å². The maximum atomic E-state index is 13.7. The van der Waals surface area contributed by atoms with Gasteiger partial charge in [-0.3, -0.25) is 14.7 Å². The Bertz CT molecular complexity index is 1170. The van der Waals surface area contributed by atoms with Crippen LogP contribution < -0.4 is 9.47 Å². The molecular weight excluding hydrogens is 456 g/mol. The molecule has 1 aliphatic heterocycles. The molecular formula is C28H34N4O4. The molecule has 190 valence electrons. The maximum absolute atomic E-state index is 13.7. The van der Waals surface area contributed by atoms with Crippen molar-refractivity contribution in [3.63, 3.8) is 0 Å². The molecule has 1 amide bonds. The average molecular weight is 491 g/mol. The molecule has 8 heteroatoms. The minimum absolute atomic E-state index is 0.0201. The number of nitrogens with zero attached hydrogens (tertiary/aromatic N) is 4. The summed E-state index contributed by atoms with van der Waals surface area (Å²) in [6.07, 6.45) is 5.09. The SMILES string of the molecule is COc1ccccc1-c1cnc2c(c1)C(=O)N([C@H](C)CO)C[C@H](C)[C@@H](CN(C)Cc1ccncc1)O2. The Morgan fingerprint density at radius 3 is 2.69 bits per heavy atom. The molecule has 0 unspecified atom stereocenters. The predicted molar refractivity (Wildman–Crippen MR) is 138 cm³/mol. The molecule has 0 radical (unpaired) electrons. The highest BCUT2D eigenvalue weighted by Crippen LogP contribution is 2.34. The number of ether oxygens (including phenoxy) is 2. The van der Waals surface area contributed by atoms with E-state index in [4.69, 9.17) is 9.47 Å². The molecule has 3 atom stereocenters. The van der Waals surface area contributed by atoms with Crippen LogP contribution in [0.15, 0.2) is 61.1 Å². The third kappa shape index (κ3) is 5.66. The van der Waals surface area contributed by atoms with Crippen molar-refractivity contribution in [2.24, 2.45) is 5.92 Å². The zero-order chi connectivity index (χ0) is 25.7. The van der Waals surface area contributed by atoms with Crippen LogP contribution in [-0.2, 0) is 6.54 Å². The van der Waals surface area contributed by atoms with E-state index in [9.17, 15) is 9.90 Å². The standard InChI is InChI=1S/C28H34N4O4/c1-19-15-32(20(2)18-33)28(34)24-13-22(23-7-5-6-8-25(23)35-4)14-30-27(24)36-26(19)17-31(3)16-21-9-11-29-12-10-21/h5-14,19-20,26,33H,15-18H2,1-4H3/t19-,20+,26+/m0/s1. The molecule has 4 rings (SSSR count). The normalized spacial score (nSPS) is 18.7. The molecule has 1 N–H and O–H groups in total. The van der Waals surface area contributed by atoms with Gasteiger partial charge in [-0.2, -0.15) is 0 Å². The van der Waals surface area contributed by atoms with Gasteiger partial charge in [0.05, 0.1) is 19.8 Å². The third-order valence-corrected chi connectivity index (χ3v) is 6.63. The number of carbonyl (C=O) groups is 1. The van der Waals surface area contributed by atoms with Crippen molar-refractivity contribution in [1.29, 1.82) is 0 Å². The van der Waals surface area contributed by atoms with E-state index >= 15 is 0 Å². The number of amides is 1. The summed E-state index contributed by atoms with van der Waals surface area (Å²) in [5.74, 6) is 0.823. The summed E-state index contributed by atoms with van der Waals surface area (Å²) in [5.41, 5.74) is 3.15. The summed E-state index contributed by atoms with van der Waals surface area (Å²) < 4.78 is 11.9. The minimum Gasteiger partial charge on any atom is -0.496 e. The molecule has 0 bridgehead atoms. The van der Waals surface area contributed by atoms with Crippen molar-refractivity contribution < 1.29 is 19.4 Å². The Morgan fingerprint density at radius 1 is 1.22 bits per heavy atom. The monoisotopic (exact) mass is 490 g/mol. The van der Waals surface area contributed by atoms with Crippen LogP contribution in [0.4, 0.5) is 0 Å². The van der Waals surface area contributed by atoms with Gasteiger partial charge in [0.2, 0.25) is 5.88 Å². The first-order valence-corrected chi connectivity index (χ1v) is 12.2. The van der Waals surface area contributed by atoms with Gasteiger partial charge < -0.3 is 19.5 Å². The van der Waals surface area contributed by atoms with E-state index in [1.165, 1.54) is 0 Å². The van der Waals surface area contributed by atoms with Crippen LogP contribution in [-0.4, -0.2) is 76.8 Å². The first-order chi connectivity index (χ1) is 17.4. The highest BCUT2D eigenvalue weighted by Gasteiger charge is 2.34. The van der Waals surface area contributed by atoms with Gasteiger partial charge in [0.15, 0.2) is 0 Å². The van der Waals surface area contributed by atoms with E-state index in [1.807, 2.05) is 56.4 Å². The molecule has 3 heterocycles. The van der Waals surface area contributed by atoms with Gasteiger partial charge in [0.1, 0.15) is 17.4 Å². The lowest BCUT2D eigenvalue weighted by Gasteiger charge is -2.37. The molecule has 0 fully saturated rings. The first kappa shape index (κ1) is 25.6. The van der Waals surface area contributed by atoms with Crippen LogP contribution in [0.3, 0.4) is 0 Å². The molecule has 0 spiro atoms. The third-order valence-electron chi connectivity index (χ3n) is 6.63. The highest BCUT2D eigenvalue weighted by molar-refractivity contribution is 5.98. The van der Waals surface area contributed by atoms with E-state index in [0.29, 0.717) is 30.3 Å². The number of hydrogen-bond acceptors (Lipinski definition) is 7. The van der Waals surface area contributed by atoms with Crippen LogP contribution in [0.2, 0.25) is 0 Å². The Labute approximate surface area is 212 Å². The van der Waals surface area contributed by atoms with Crippen molar-refractivity contribution >= 4 is 5.91 Å². The fourth-order valence-corrected chi connectivity index (χ4v) is 4.52. The second kappa shape index (κ2) is 11.5. The molecule has 36 heavy (non-hydrogen) atoms. The van der Waals surface area contributed by atoms with E-state index < -0.39 is 0 Å². The highest BCUT2D eigenvalue weighted by atomic mass is 16.5. The molecule has 2 aromatic heterocycles. The van der Waals surface area contributed by atoms with Gasteiger partial charge in [-0.15, -0.1) is 0 Å². The average Bonchev–Trinajstić information content (AvgIpc) is 2.90. The van der Waals surface area contributed by atoms with Gasteiger partial charge in [-0.25, -0.2) is 4.98 Å². The van der Waals surface area contributed by atoms with E-state index in [1.54, 1.807) is 30.6 Å². The number of aliphatic hydroxyl groups is 1. The second-order valence-corrected chi connectivity index (χ2v) is 9.45. The Kier molecular flexibility index (Phi) is 8.18. The molecule has 0 saturated heterocycles. The number of carbonyl (C=O) groups excluding carboxylic acids is 1. The number of fused-ring (bicyclic) bond motifs is 1. The molecule has 3 aromatic rings. The van der Waals surface area contributed by atoms with Crippen LogP contribution in [0.25, 0.3) is 11.1 Å². The van der Waals surface area contributed by atoms with Gasteiger partial charge in [0, 0.05) is 55.3 Å². The summed E-state index contributed by atoms with van der Waals surface area (Å²) in [6, 6.07) is 13.1. The lowest BCUT2D eigenvalue weighted by molar-refractivity contribution is 0.0325. The number of hydrogen-bond donors (Lipinski definition) is 1. The number of aromatic nitrogens is 2. The first-order valence-electron chi connectivity index (χ1n) is 12.2. The second-order valence-electron chi connectivity index (χ2n) is 9.45. The number of likely N-dealkylation sites (N-methyl/N-ethyl adjacent to an activating group) is 1. The summed E-state index contributed by atoms with van der Waals surface area (Å²) in [6.45, 7) is 5.66. The number of methoxy groups -OCH3 is 1. The van der Waals surface area contributed by atoms with Crippen molar-refractivity contribution in [2.45, 2.75) is 32.5 Å². The Balaban J connectivity index is 1.68. The number of pyridine rings is 2. The van der Waals surface area contributed by atoms with Crippen molar-refractivity contribution in [2.75, 3.05) is 33.9 Å². The lowest BCUT2D eigenvalue weighted by atomic mass is 9.99. The number of aliphatic hydroxyl groups excluding tert-OH is 1. The van der Waals surface area contributed by atoms with Crippen LogP contribution in [0.5, 0.6) is 11.6 Å². The van der Waals surface area contributed by atoms with E-state index in [-0.39, 0.29) is 30.6 Å². The lowest BCUT2D eigenvalue weighted by Crippen LogP contribution is -2.49. The largest absolute Gasteiger partial charge is 0.496 e. The van der Waals surface area contributed by atoms with Crippen molar-refractivity contribution in [3.05, 3.63) is 72.2 Å². The van der Waals surface area contributed by atoms with Crippen LogP contribution in [0, 0.1) is 5.92 Å². The quantitative estimate of drug-likeness (QED) is 0.517. The minimum atomic E-state index is -0.337. The smallest absolute Gasteiger partial charge is 0.259 e. The topological polar surface area (TPSA) is 88.0 Å². The Morgan fingerprint density at radius 2 is 1.97 bits per heavy atom. The molecule has 1 aromatic carbocycles. The summed E-state index contributed by atoms with van der Waals surface area (Å²) in [4.78, 5) is 26.3. The summed E-state index contributed by atoms with van der Waals surface area (Å²) in [5, 5.41) is 9.91. The molecule has 8 nitrogen and oxygen atoms in total. The van der Waals surface area contributed by atoms with Gasteiger partial charge >= 0.3 is 0 Å². The van der Waals surface area contributed by atoms with E-state index in [0.717, 1.165) is 23.2 Å². The maximum Gasteiger partial charge on any atom is 0.259 e. The van der Waals surface area contributed by atoms with E-state index in [2.05, 4.69) is 21.8 Å². The molecule has 0 aliphatic carbocycles. The zero-order valence-electron chi connectivity index (χ0n) is 21.3. The predicted octanol–water partition coefficient (Wildman–Crippen LogP) is 3.50. The molecule has 0 saturated carbocycles. The number of para-hydroxylation sites is 1.